The Morgan fingerprint density at radius 1 is 1.33 bits per heavy atom. The first-order valence-electron chi connectivity index (χ1n) is 7.33. The van der Waals surface area contributed by atoms with Gasteiger partial charge in [0, 0.05) is 23.0 Å². The van der Waals surface area contributed by atoms with Crippen LogP contribution in [0.3, 0.4) is 0 Å². The summed E-state index contributed by atoms with van der Waals surface area (Å²) in [6.45, 7) is 3.63. The molecular weight excluding hydrogens is 376 g/mol. The largest absolute Gasteiger partial charge is 0.480 e. The standard InChI is InChI=1S/C17H19BrN2O4/c1-10-8-12(16(21)19-14(9-24-3)17(22)23)11(2)20(10)15-7-5-4-6-13(15)18/h4-8,14H,9H2,1-3H3,(H,19,21)(H,22,23). The Morgan fingerprint density at radius 3 is 2.58 bits per heavy atom. The number of carbonyl (C=O) groups is 2. The van der Waals surface area contributed by atoms with E-state index in [0.29, 0.717) is 5.56 Å². The first-order valence-corrected chi connectivity index (χ1v) is 8.12. The number of carbonyl (C=O) groups excluding carboxylic acids is 1. The lowest BCUT2D eigenvalue weighted by Gasteiger charge is -2.14. The van der Waals surface area contributed by atoms with E-state index in [2.05, 4.69) is 21.2 Å². The minimum absolute atomic E-state index is 0.0932. The molecular formula is C17H19BrN2O4. The van der Waals surface area contributed by atoms with Gasteiger partial charge in [-0.25, -0.2) is 4.79 Å². The van der Waals surface area contributed by atoms with E-state index in [-0.39, 0.29) is 6.61 Å². The van der Waals surface area contributed by atoms with Crippen LogP contribution < -0.4 is 5.32 Å². The number of carboxylic acid groups (broad SMARTS) is 1. The zero-order chi connectivity index (χ0) is 17.9. The summed E-state index contributed by atoms with van der Waals surface area (Å²) in [4.78, 5) is 23.7. The maximum Gasteiger partial charge on any atom is 0.328 e. The second-order valence-electron chi connectivity index (χ2n) is 5.39. The molecule has 0 saturated heterocycles. The number of methoxy groups -OCH3 is 1. The van der Waals surface area contributed by atoms with Crippen LogP contribution in [-0.4, -0.2) is 41.3 Å². The van der Waals surface area contributed by atoms with Crippen molar-refractivity contribution in [2.45, 2.75) is 19.9 Å². The highest BCUT2D eigenvalue weighted by molar-refractivity contribution is 9.10. The highest BCUT2D eigenvalue weighted by atomic mass is 79.9. The summed E-state index contributed by atoms with van der Waals surface area (Å²) >= 11 is 3.51. The number of ether oxygens (including phenoxy) is 1. The molecule has 24 heavy (non-hydrogen) atoms. The lowest BCUT2D eigenvalue weighted by molar-refractivity contribution is -0.140. The second kappa shape index (κ2) is 7.63. The van der Waals surface area contributed by atoms with Gasteiger partial charge in [-0.1, -0.05) is 12.1 Å². The van der Waals surface area contributed by atoms with Crippen LogP contribution in [0.2, 0.25) is 0 Å². The number of hydrogen-bond acceptors (Lipinski definition) is 3. The molecule has 1 aromatic heterocycles. The summed E-state index contributed by atoms with van der Waals surface area (Å²) in [6.07, 6.45) is 0. The molecule has 1 heterocycles. The summed E-state index contributed by atoms with van der Waals surface area (Å²) in [6, 6.07) is 8.35. The average molecular weight is 395 g/mol. The van der Waals surface area contributed by atoms with Gasteiger partial charge in [-0.05, 0) is 48.0 Å². The van der Waals surface area contributed by atoms with Gasteiger partial charge >= 0.3 is 5.97 Å². The van der Waals surface area contributed by atoms with E-state index in [0.717, 1.165) is 21.5 Å². The minimum atomic E-state index is -1.13. The van der Waals surface area contributed by atoms with Gasteiger partial charge in [-0.3, -0.25) is 4.79 Å². The molecule has 0 fully saturated rings. The number of nitrogens with zero attached hydrogens (tertiary/aromatic N) is 1. The van der Waals surface area contributed by atoms with E-state index >= 15 is 0 Å². The van der Waals surface area contributed by atoms with Gasteiger partial charge in [-0.15, -0.1) is 0 Å². The Kier molecular flexibility index (Phi) is 5.80. The second-order valence-corrected chi connectivity index (χ2v) is 6.25. The zero-order valence-corrected chi connectivity index (χ0v) is 15.3. The van der Waals surface area contributed by atoms with Crippen LogP contribution in [0.15, 0.2) is 34.8 Å². The number of halogens is 1. The van der Waals surface area contributed by atoms with Gasteiger partial charge < -0.3 is 19.7 Å². The summed E-state index contributed by atoms with van der Waals surface area (Å²) in [5, 5.41) is 11.6. The van der Waals surface area contributed by atoms with Crippen molar-refractivity contribution in [2.24, 2.45) is 0 Å². The molecule has 0 spiro atoms. The Bertz CT molecular complexity index is 770. The van der Waals surface area contributed by atoms with E-state index in [4.69, 9.17) is 9.84 Å². The van der Waals surface area contributed by atoms with Crippen LogP contribution in [0.5, 0.6) is 0 Å². The van der Waals surface area contributed by atoms with Crippen LogP contribution in [0.25, 0.3) is 5.69 Å². The Hall–Kier alpha value is -2.12. The molecule has 0 aliphatic rings. The van der Waals surface area contributed by atoms with Crippen LogP contribution >= 0.6 is 15.9 Å². The number of aryl methyl sites for hydroxylation is 1. The lowest BCUT2D eigenvalue weighted by atomic mass is 10.2. The van der Waals surface area contributed by atoms with Gasteiger partial charge in [0.15, 0.2) is 6.04 Å². The summed E-state index contributed by atoms with van der Waals surface area (Å²) in [5.74, 6) is -1.57. The molecule has 1 unspecified atom stereocenters. The molecule has 2 rings (SSSR count). The van der Waals surface area contributed by atoms with Crippen molar-refractivity contribution < 1.29 is 19.4 Å². The van der Waals surface area contributed by atoms with Gasteiger partial charge in [0.05, 0.1) is 17.9 Å². The maximum absolute atomic E-state index is 12.5. The van der Waals surface area contributed by atoms with Crippen molar-refractivity contribution in [1.29, 1.82) is 0 Å². The van der Waals surface area contributed by atoms with Crippen molar-refractivity contribution in [1.82, 2.24) is 9.88 Å². The number of hydrogen-bond donors (Lipinski definition) is 2. The molecule has 2 aromatic rings. The fourth-order valence-corrected chi connectivity index (χ4v) is 3.04. The molecule has 1 atom stereocenters. The number of rotatable bonds is 6. The first-order chi connectivity index (χ1) is 11.4. The molecule has 0 bridgehead atoms. The van der Waals surface area contributed by atoms with E-state index in [1.807, 2.05) is 42.7 Å². The number of aromatic nitrogens is 1. The smallest absolute Gasteiger partial charge is 0.328 e. The van der Waals surface area contributed by atoms with Crippen molar-refractivity contribution in [3.05, 3.63) is 51.8 Å². The third-order valence-corrected chi connectivity index (χ3v) is 4.38. The van der Waals surface area contributed by atoms with Gasteiger partial charge in [0.2, 0.25) is 0 Å². The fourth-order valence-electron chi connectivity index (χ4n) is 2.57. The molecule has 128 valence electrons. The lowest BCUT2D eigenvalue weighted by Crippen LogP contribution is -2.43. The predicted octanol–water partition coefficient (Wildman–Crippen LogP) is 2.69. The highest BCUT2D eigenvalue weighted by Crippen LogP contribution is 2.26. The molecule has 0 radical (unpaired) electrons. The SMILES string of the molecule is COCC(NC(=O)c1cc(C)n(-c2ccccc2Br)c1C)C(=O)O. The van der Waals surface area contributed by atoms with Crippen LogP contribution in [0.4, 0.5) is 0 Å². The van der Waals surface area contributed by atoms with Gasteiger partial charge in [0.25, 0.3) is 5.91 Å². The third kappa shape index (κ3) is 3.68. The third-order valence-electron chi connectivity index (χ3n) is 3.71. The number of amides is 1. The number of carboxylic acids is 1. The topological polar surface area (TPSA) is 80.6 Å². The van der Waals surface area contributed by atoms with E-state index < -0.39 is 17.9 Å². The van der Waals surface area contributed by atoms with Gasteiger partial charge in [-0.2, -0.15) is 0 Å². The van der Waals surface area contributed by atoms with Crippen LogP contribution in [0.1, 0.15) is 21.7 Å². The normalized spacial score (nSPS) is 12.0. The van der Waals surface area contributed by atoms with Crippen molar-refractivity contribution in [3.8, 4) is 5.69 Å². The zero-order valence-electron chi connectivity index (χ0n) is 13.7. The monoisotopic (exact) mass is 394 g/mol. The van der Waals surface area contributed by atoms with E-state index in [1.165, 1.54) is 7.11 Å². The Balaban J connectivity index is 2.36. The first kappa shape index (κ1) is 18.2. The molecule has 7 heteroatoms. The van der Waals surface area contributed by atoms with Crippen LogP contribution in [0, 0.1) is 13.8 Å². The maximum atomic E-state index is 12.5. The molecule has 0 aliphatic carbocycles. The minimum Gasteiger partial charge on any atom is -0.480 e. The quantitative estimate of drug-likeness (QED) is 0.788. The van der Waals surface area contributed by atoms with E-state index in [9.17, 15) is 9.59 Å². The summed E-state index contributed by atoms with van der Waals surface area (Å²) in [5.41, 5.74) is 2.96. The summed E-state index contributed by atoms with van der Waals surface area (Å²) in [7, 11) is 1.39. The average Bonchev–Trinajstić information content (AvgIpc) is 2.82. The molecule has 0 aliphatic heterocycles. The van der Waals surface area contributed by atoms with Crippen LogP contribution in [-0.2, 0) is 9.53 Å². The Morgan fingerprint density at radius 2 is 2.00 bits per heavy atom. The Labute approximate surface area is 148 Å². The summed E-state index contributed by atoms with van der Waals surface area (Å²) < 4.78 is 7.69. The number of nitrogens with one attached hydrogen (secondary N) is 1. The molecule has 0 saturated carbocycles. The van der Waals surface area contributed by atoms with E-state index in [1.54, 1.807) is 6.07 Å². The van der Waals surface area contributed by atoms with Gasteiger partial charge in [0.1, 0.15) is 0 Å². The fraction of sp³-hybridized carbons (Fsp3) is 0.294. The number of para-hydroxylation sites is 1. The molecule has 2 N–H and O–H groups in total. The molecule has 1 amide bonds. The van der Waals surface area contributed by atoms with Crippen molar-refractivity contribution >= 4 is 27.8 Å². The predicted molar refractivity (Wildman–Crippen MR) is 93.7 cm³/mol. The number of aliphatic carboxylic acids is 1. The van der Waals surface area contributed by atoms with Crippen molar-refractivity contribution in [2.75, 3.05) is 13.7 Å². The molecule has 1 aromatic carbocycles. The molecule has 6 nitrogen and oxygen atoms in total. The number of benzene rings is 1. The van der Waals surface area contributed by atoms with Crippen molar-refractivity contribution in [3.63, 3.8) is 0 Å². The highest BCUT2D eigenvalue weighted by Gasteiger charge is 2.23.